The number of hydrogen-bond donors (Lipinski definition) is 3. The molecule has 0 fully saturated rings. The molecule has 0 aliphatic rings. The Kier molecular flexibility index (Phi) is 10.7. The van der Waals surface area contributed by atoms with Gasteiger partial charge in [0.25, 0.3) is 5.91 Å². The van der Waals surface area contributed by atoms with Gasteiger partial charge in [0, 0.05) is 17.8 Å². The predicted octanol–water partition coefficient (Wildman–Crippen LogP) is 5.76. The van der Waals surface area contributed by atoms with Gasteiger partial charge in [0.1, 0.15) is 5.75 Å². The molecule has 0 aromatic heterocycles. The van der Waals surface area contributed by atoms with Gasteiger partial charge >= 0.3 is 0 Å². The average Bonchev–Trinajstić information content (AvgIpc) is 2.74. The molecule has 2 rings (SSSR count). The van der Waals surface area contributed by atoms with Gasteiger partial charge in [-0.3, -0.25) is 14.9 Å². The Labute approximate surface area is 196 Å². The summed E-state index contributed by atoms with van der Waals surface area (Å²) in [6.45, 7) is 6.74. The molecule has 0 atom stereocenters. The predicted molar refractivity (Wildman–Crippen MR) is 134 cm³/mol. The van der Waals surface area contributed by atoms with Crippen molar-refractivity contribution in [2.45, 2.75) is 52.9 Å². The first-order valence-corrected chi connectivity index (χ1v) is 11.5. The number of thiocarbonyl (C=S) groups is 1. The van der Waals surface area contributed by atoms with Gasteiger partial charge in [-0.25, -0.2) is 0 Å². The normalized spacial score (nSPS) is 10.5. The standard InChI is InChI=1S/C25H33N3O3S/c1-4-5-6-9-16-31-22-11-8-7-10-21(22)24(30)28-25(32)27-20-14-12-19(13-15-20)26-23(29)17-18(2)3/h7-8,10-15,18H,4-6,9,16-17H2,1-3H3,(H,26,29)(H2,27,28,30,32). The molecule has 2 aromatic carbocycles. The van der Waals surface area contributed by atoms with E-state index < -0.39 is 0 Å². The molecule has 6 nitrogen and oxygen atoms in total. The Morgan fingerprint density at radius 2 is 1.59 bits per heavy atom. The van der Waals surface area contributed by atoms with Gasteiger partial charge in [-0.15, -0.1) is 0 Å². The van der Waals surface area contributed by atoms with Crippen LogP contribution in [0.2, 0.25) is 0 Å². The van der Waals surface area contributed by atoms with E-state index in [0.29, 0.717) is 41.6 Å². The summed E-state index contributed by atoms with van der Waals surface area (Å²) in [5.41, 5.74) is 1.86. The number of carbonyl (C=O) groups excluding carboxylic acids is 2. The summed E-state index contributed by atoms with van der Waals surface area (Å²) in [5, 5.41) is 8.73. The molecule has 0 unspecified atom stereocenters. The van der Waals surface area contributed by atoms with Crippen molar-refractivity contribution in [3.8, 4) is 5.75 Å². The number of unbranched alkanes of at least 4 members (excludes halogenated alkanes) is 3. The number of benzene rings is 2. The zero-order valence-electron chi connectivity index (χ0n) is 19.1. The number of rotatable bonds is 11. The minimum atomic E-state index is -0.329. The van der Waals surface area contributed by atoms with Gasteiger partial charge in [-0.05, 0) is 61.0 Å². The average molecular weight is 456 g/mol. The third kappa shape index (κ3) is 9.06. The van der Waals surface area contributed by atoms with Crippen LogP contribution in [-0.2, 0) is 4.79 Å². The Balaban J connectivity index is 1.88. The third-order valence-electron chi connectivity index (χ3n) is 4.63. The highest BCUT2D eigenvalue weighted by atomic mass is 32.1. The second-order valence-corrected chi connectivity index (χ2v) is 8.45. The zero-order chi connectivity index (χ0) is 23.3. The molecule has 0 radical (unpaired) electrons. The second kappa shape index (κ2) is 13.5. The van der Waals surface area contributed by atoms with E-state index in [1.807, 2.05) is 19.9 Å². The molecule has 0 bridgehead atoms. The largest absolute Gasteiger partial charge is 0.493 e. The zero-order valence-corrected chi connectivity index (χ0v) is 19.9. The number of amides is 2. The number of ether oxygens (including phenoxy) is 1. The van der Waals surface area contributed by atoms with Gasteiger partial charge < -0.3 is 15.4 Å². The van der Waals surface area contributed by atoms with Crippen LogP contribution in [0.15, 0.2) is 48.5 Å². The fraction of sp³-hybridized carbons (Fsp3) is 0.400. The molecule has 7 heteroatoms. The summed E-state index contributed by atoms with van der Waals surface area (Å²) >= 11 is 5.29. The summed E-state index contributed by atoms with van der Waals surface area (Å²) in [6, 6.07) is 14.3. The van der Waals surface area contributed by atoms with Crippen LogP contribution in [0.25, 0.3) is 0 Å². The lowest BCUT2D eigenvalue weighted by molar-refractivity contribution is -0.116. The molecular formula is C25H33N3O3S. The number of carbonyl (C=O) groups is 2. The highest BCUT2D eigenvalue weighted by Gasteiger charge is 2.14. The van der Waals surface area contributed by atoms with Crippen LogP contribution < -0.4 is 20.7 Å². The van der Waals surface area contributed by atoms with Crippen molar-refractivity contribution in [2.75, 3.05) is 17.2 Å². The van der Waals surface area contributed by atoms with E-state index in [-0.39, 0.29) is 16.9 Å². The first kappa shape index (κ1) is 25.3. The minimum Gasteiger partial charge on any atom is -0.493 e. The smallest absolute Gasteiger partial charge is 0.261 e. The topological polar surface area (TPSA) is 79.5 Å². The fourth-order valence-corrected chi connectivity index (χ4v) is 3.25. The highest BCUT2D eigenvalue weighted by Crippen LogP contribution is 2.19. The molecule has 0 spiro atoms. The van der Waals surface area contributed by atoms with Crippen LogP contribution >= 0.6 is 12.2 Å². The SMILES string of the molecule is CCCCCCOc1ccccc1C(=O)NC(=S)Nc1ccc(NC(=O)CC(C)C)cc1. The molecule has 172 valence electrons. The van der Waals surface area contributed by atoms with Gasteiger partial charge in [0.05, 0.1) is 12.2 Å². The maximum absolute atomic E-state index is 12.7. The van der Waals surface area contributed by atoms with E-state index in [1.165, 1.54) is 12.8 Å². The monoisotopic (exact) mass is 455 g/mol. The van der Waals surface area contributed by atoms with Gasteiger partial charge in [0.2, 0.25) is 5.91 Å². The summed E-state index contributed by atoms with van der Waals surface area (Å²) in [7, 11) is 0. The van der Waals surface area contributed by atoms with E-state index in [2.05, 4.69) is 22.9 Å². The van der Waals surface area contributed by atoms with Gasteiger partial charge in [0.15, 0.2) is 5.11 Å². The minimum absolute atomic E-state index is 0.0188. The van der Waals surface area contributed by atoms with Crippen LogP contribution in [-0.4, -0.2) is 23.5 Å². The maximum Gasteiger partial charge on any atom is 0.261 e. The second-order valence-electron chi connectivity index (χ2n) is 8.04. The van der Waals surface area contributed by atoms with E-state index in [9.17, 15) is 9.59 Å². The van der Waals surface area contributed by atoms with Crippen molar-refractivity contribution in [1.82, 2.24) is 5.32 Å². The van der Waals surface area contributed by atoms with Crippen molar-refractivity contribution >= 4 is 40.5 Å². The summed E-state index contributed by atoms with van der Waals surface area (Å²) in [6.07, 6.45) is 4.88. The lowest BCUT2D eigenvalue weighted by atomic mass is 10.1. The molecule has 2 aromatic rings. The molecule has 0 saturated heterocycles. The lowest BCUT2D eigenvalue weighted by Gasteiger charge is -2.13. The fourth-order valence-electron chi connectivity index (χ4n) is 3.04. The van der Waals surface area contributed by atoms with Crippen molar-refractivity contribution < 1.29 is 14.3 Å². The maximum atomic E-state index is 12.7. The molecule has 0 aliphatic heterocycles. The lowest BCUT2D eigenvalue weighted by Crippen LogP contribution is -2.34. The number of anilines is 2. The van der Waals surface area contributed by atoms with Crippen molar-refractivity contribution in [2.24, 2.45) is 5.92 Å². The van der Waals surface area contributed by atoms with E-state index in [1.54, 1.807) is 42.5 Å². The number of para-hydroxylation sites is 1. The molecule has 2 amide bonds. The first-order valence-electron chi connectivity index (χ1n) is 11.1. The van der Waals surface area contributed by atoms with Crippen molar-refractivity contribution in [1.29, 1.82) is 0 Å². The molecule has 0 aliphatic carbocycles. The van der Waals surface area contributed by atoms with Crippen LogP contribution in [0.5, 0.6) is 5.75 Å². The van der Waals surface area contributed by atoms with Crippen molar-refractivity contribution in [3.63, 3.8) is 0 Å². The molecule has 0 heterocycles. The van der Waals surface area contributed by atoms with Crippen LogP contribution in [0.3, 0.4) is 0 Å². The Hall–Kier alpha value is -2.93. The molecule has 0 saturated carbocycles. The Bertz CT molecular complexity index is 898. The Morgan fingerprint density at radius 1 is 0.938 bits per heavy atom. The van der Waals surface area contributed by atoms with Gasteiger partial charge in [-0.1, -0.05) is 52.2 Å². The van der Waals surface area contributed by atoms with Gasteiger partial charge in [-0.2, -0.15) is 0 Å². The summed E-state index contributed by atoms with van der Waals surface area (Å²) in [4.78, 5) is 24.6. The third-order valence-corrected chi connectivity index (χ3v) is 4.84. The van der Waals surface area contributed by atoms with Crippen LogP contribution in [0.4, 0.5) is 11.4 Å². The van der Waals surface area contributed by atoms with Crippen molar-refractivity contribution in [3.05, 3.63) is 54.1 Å². The summed E-state index contributed by atoms with van der Waals surface area (Å²) in [5.74, 6) is 0.498. The van der Waals surface area contributed by atoms with E-state index >= 15 is 0 Å². The Morgan fingerprint density at radius 3 is 2.25 bits per heavy atom. The molecule has 32 heavy (non-hydrogen) atoms. The summed E-state index contributed by atoms with van der Waals surface area (Å²) < 4.78 is 5.81. The highest BCUT2D eigenvalue weighted by molar-refractivity contribution is 7.80. The van der Waals surface area contributed by atoms with Crippen LogP contribution in [0, 0.1) is 5.92 Å². The quantitative estimate of drug-likeness (QED) is 0.297. The van der Waals surface area contributed by atoms with Crippen LogP contribution in [0.1, 0.15) is 63.2 Å². The molecular weight excluding hydrogens is 422 g/mol. The van der Waals surface area contributed by atoms with E-state index in [4.69, 9.17) is 17.0 Å². The molecule has 3 N–H and O–H groups in total. The number of nitrogens with one attached hydrogen (secondary N) is 3. The van der Waals surface area contributed by atoms with E-state index in [0.717, 1.165) is 12.8 Å². The first-order chi connectivity index (χ1) is 15.4. The number of hydrogen-bond acceptors (Lipinski definition) is 4.